The molecule has 2 aliphatic carbocycles. The van der Waals surface area contributed by atoms with Crippen molar-refractivity contribution in [2.24, 2.45) is 0 Å². The van der Waals surface area contributed by atoms with E-state index in [4.69, 9.17) is 9.15 Å². The maximum atomic E-state index is 12.7. The van der Waals surface area contributed by atoms with Gasteiger partial charge in [0.15, 0.2) is 0 Å². The number of nitrogens with one attached hydrogen (secondary N) is 1. The number of rotatable bonds is 6. The van der Waals surface area contributed by atoms with Gasteiger partial charge in [0.1, 0.15) is 5.76 Å². The van der Waals surface area contributed by atoms with Gasteiger partial charge in [0.05, 0.1) is 36.7 Å². The fraction of sp³-hybridized carbons (Fsp3) is 0.556. The third-order valence-electron chi connectivity index (χ3n) is 4.86. The van der Waals surface area contributed by atoms with Crippen LogP contribution >= 0.6 is 0 Å². The van der Waals surface area contributed by atoms with Gasteiger partial charge < -0.3 is 14.5 Å². The smallest absolute Gasteiger partial charge is 0.255 e. The van der Waals surface area contributed by atoms with Crippen molar-refractivity contribution in [3.63, 3.8) is 0 Å². The Hall–Kier alpha value is -2.08. The topological polar surface area (TPSA) is 69.3 Å². The normalized spacial score (nSPS) is 20.0. The van der Waals surface area contributed by atoms with Crippen molar-refractivity contribution in [1.82, 2.24) is 15.1 Å². The van der Waals surface area contributed by atoms with E-state index in [0.717, 1.165) is 50.1 Å². The van der Waals surface area contributed by atoms with Gasteiger partial charge >= 0.3 is 0 Å². The molecule has 1 atom stereocenters. The summed E-state index contributed by atoms with van der Waals surface area (Å²) in [6, 6.07) is 1.76. The Labute approximate surface area is 141 Å². The van der Waals surface area contributed by atoms with E-state index in [2.05, 4.69) is 16.6 Å². The highest BCUT2D eigenvalue weighted by Crippen LogP contribution is 2.42. The summed E-state index contributed by atoms with van der Waals surface area (Å²) in [4.78, 5) is 12.7. The number of furan rings is 1. The fourth-order valence-corrected chi connectivity index (χ4v) is 3.44. The van der Waals surface area contributed by atoms with E-state index >= 15 is 0 Å². The molecule has 2 heterocycles. The number of methoxy groups -OCH3 is 1. The first-order valence-electron chi connectivity index (χ1n) is 8.69. The summed E-state index contributed by atoms with van der Waals surface area (Å²) in [5, 5.41) is 7.84. The average Bonchev–Trinajstić information content (AvgIpc) is 3.15. The van der Waals surface area contributed by atoms with Crippen molar-refractivity contribution in [1.29, 1.82) is 0 Å². The summed E-state index contributed by atoms with van der Waals surface area (Å²) in [7, 11) is 1.69. The number of hydrogen-bond donors (Lipinski definition) is 1. The molecule has 128 valence electrons. The zero-order valence-electron chi connectivity index (χ0n) is 14.0. The molecule has 2 aromatic rings. The van der Waals surface area contributed by atoms with E-state index in [1.807, 2.05) is 4.68 Å². The zero-order chi connectivity index (χ0) is 16.5. The second-order valence-corrected chi connectivity index (χ2v) is 6.69. The van der Waals surface area contributed by atoms with Gasteiger partial charge in [-0.2, -0.15) is 5.10 Å². The molecular formula is C18H23N3O3. The molecule has 4 rings (SSSR count). The first-order valence-corrected chi connectivity index (χ1v) is 8.69. The van der Waals surface area contributed by atoms with Crippen molar-refractivity contribution in [3.8, 4) is 0 Å². The number of nitrogens with zero attached hydrogens (tertiary/aromatic N) is 2. The summed E-state index contributed by atoms with van der Waals surface area (Å²) in [5.41, 5.74) is 2.92. The lowest BCUT2D eigenvalue weighted by Gasteiger charge is -2.22. The predicted molar refractivity (Wildman–Crippen MR) is 87.9 cm³/mol. The molecule has 1 amide bonds. The van der Waals surface area contributed by atoms with Crippen LogP contribution in [0.25, 0.3) is 0 Å². The number of aryl methyl sites for hydroxylation is 1. The van der Waals surface area contributed by atoms with E-state index < -0.39 is 0 Å². The van der Waals surface area contributed by atoms with E-state index in [0.29, 0.717) is 18.1 Å². The number of carbonyl (C=O) groups excluding carboxylic acids is 1. The molecule has 1 saturated carbocycles. The largest absolute Gasteiger partial charge is 0.468 e. The lowest BCUT2D eigenvalue weighted by molar-refractivity contribution is 0.0929. The van der Waals surface area contributed by atoms with E-state index in [9.17, 15) is 4.79 Å². The molecule has 0 spiro atoms. The van der Waals surface area contributed by atoms with Gasteiger partial charge in [-0.3, -0.25) is 9.48 Å². The Morgan fingerprint density at radius 3 is 3.12 bits per heavy atom. The molecule has 2 aromatic heterocycles. The molecule has 6 heteroatoms. The van der Waals surface area contributed by atoms with Gasteiger partial charge in [0.25, 0.3) is 5.91 Å². The number of ether oxygens (including phenoxy) is 1. The standard InChI is InChI=1S/C18H23N3O3/c1-23-10-8-21-11-13-3-2-4-15(16(13)20-21)19-18(22)14-7-9-24-17(14)12-5-6-12/h7,9,11-12,15H,2-6,8,10H2,1H3,(H,19,22)/t15-/m1/s1. The molecule has 24 heavy (non-hydrogen) atoms. The molecule has 1 fully saturated rings. The van der Waals surface area contributed by atoms with Crippen LogP contribution in [0.2, 0.25) is 0 Å². The van der Waals surface area contributed by atoms with Crippen LogP contribution in [0.1, 0.15) is 65.0 Å². The number of amides is 1. The molecule has 0 aliphatic heterocycles. The average molecular weight is 329 g/mol. The number of hydrogen-bond acceptors (Lipinski definition) is 4. The highest BCUT2D eigenvalue weighted by Gasteiger charge is 2.32. The van der Waals surface area contributed by atoms with Gasteiger partial charge in [-0.1, -0.05) is 0 Å². The van der Waals surface area contributed by atoms with Crippen LogP contribution in [-0.4, -0.2) is 29.4 Å². The number of carbonyl (C=O) groups is 1. The second-order valence-electron chi connectivity index (χ2n) is 6.69. The highest BCUT2D eigenvalue weighted by molar-refractivity contribution is 5.95. The summed E-state index contributed by atoms with van der Waals surface area (Å²) in [5.74, 6) is 1.22. The molecule has 0 aromatic carbocycles. The predicted octanol–water partition coefficient (Wildman–Crippen LogP) is 2.81. The van der Waals surface area contributed by atoms with Crippen LogP contribution in [0.15, 0.2) is 22.9 Å². The number of fused-ring (bicyclic) bond motifs is 1. The third kappa shape index (κ3) is 2.98. The Morgan fingerprint density at radius 1 is 1.46 bits per heavy atom. The van der Waals surface area contributed by atoms with Crippen LogP contribution in [0.5, 0.6) is 0 Å². The van der Waals surface area contributed by atoms with Crippen molar-refractivity contribution < 1.29 is 13.9 Å². The Kier molecular flexibility index (Phi) is 4.14. The van der Waals surface area contributed by atoms with Crippen molar-refractivity contribution in [2.45, 2.75) is 50.6 Å². The molecule has 2 aliphatic rings. The van der Waals surface area contributed by atoms with E-state index in [1.54, 1.807) is 19.4 Å². The van der Waals surface area contributed by atoms with Crippen molar-refractivity contribution >= 4 is 5.91 Å². The quantitative estimate of drug-likeness (QED) is 0.885. The Morgan fingerprint density at radius 2 is 2.33 bits per heavy atom. The third-order valence-corrected chi connectivity index (χ3v) is 4.86. The maximum Gasteiger partial charge on any atom is 0.255 e. The molecule has 0 saturated heterocycles. The minimum Gasteiger partial charge on any atom is -0.468 e. The zero-order valence-corrected chi connectivity index (χ0v) is 14.0. The van der Waals surface area contributed by atoms with Gasteiger partial charge in [-0.15, -0.1) is 0 Å². The van der Waals surface area contributed by atoms with Crippen LogP contribution in [0.3, 0.4) is 0 Å². The van der Waals surface area contributed by atoms with Crippen molar-refractivity contribution in [2.75, 3.05) is 13.7 Å². The molecule has 1 N–H and O–H groups in total. The molecule has 0 radical (unpaired) electrons. The molecule has 0 unspecified atom stereocenters. The molecule has 0 bridgehead atoms. The van der Waals surface area contributed by atoms with Crippen molar-refractivity contribution in [3.05, 3.63) is 41.1 Å². The summed E-state index contributed by atoms with van der Waals surface area (Å²) >= 11 is 0. The van der Waals surface area contributed by atoms with Gasteiger partial charge in [0.2, 0.25) is 0 Å². The van der Waals surface area contributed by atoms with Gasteiger partial charge in [-0.25, -0.2) is 0 Å². The second kappa shape index (κ2) is 6.43. The fourth-order valence-electron chi connectivity index (χ4n) is 3.44. The lowest BCUT2D eigenvalue weighted by atomic mass is 9.93. The van der Waals surface area contributed by atoms with Crippen LogP contribution < -0.4 is 5.32 Å². The summed E-state index contributed by atoms with van der Waals surface area (Å²) in [6.07, 6.45) is 8.95. The SMILES string of the molecule is COCCn1cc2c(n1)[C@H](NC(=O)c1ccoc1C1CC1)CCC2. The minimum absolute atomic E-state index is 0.0213. The van der Waals surface area contributed by atoms with E-state index in [-0.39, 0.29) is 11.9 Å². The van der Waals surface area contributed by atoms with Crippen LogP contribution in [0.4, 0.5) is 0 Å². The first-order chi connectivity index (χ1) is 11.8. The maximum absolute atomic E-state index is 12.7. The molecule has 6 nitrogen and oxygen atoms in total. The number of aromatic nitrogens is 2. The van der Waals surface area contributed by atoms with E-state index in [1.165, 1.54) is 5.56 Å². The molecular weight excluding hydrogens is 306 g/mol. The van der Waals surface area contributed by atoms with Crippen LogP contribution in [-0.2, 0) is 17.7 Å². The summed E-state index contributed by atoms with van der Waals surface area (Å²) in [6.45, 7) is 1.37. The Balaban J connectivity index is 1.50. The first kappa shape index (κ1) is 15.4. The monoisotopic (exact) mass is 329 g/mol. The Bertz CT molecular complexity index is 730. The summed E-state index contributed by atoms with van der Waals surface area (Å²) < 4.78 is 12.6. The minimum atomic E-state index is -0.0464. The lowest BCUT2D eigenvalue weighted by Crippen LogP contribution is -2.31. The van der Waals surface area contributed by atoms with Crippen LogP contribution in [0, 0.1) is 0 Å². The van der Waals surface area contributed by atoms with Gasteiger partial charge in [0, 0.05) is 19.2 Å². The van der Waals surface area contributed by atoms with Gasteiger partial charge in [-0.05, 0) is 43.7 Å². The highest BCUT2D eigenvalue weighted by atomic mass is 16.5.